The summed E-state index contributed by atoms with van der Waals surface area (Å²) < 4.78 is 10.8. The Bertz CT molecular complexity index is 948. The molecule has 0 aromatic heterocycles. The molecule has 0 fully saturated rings. The molecule has 5 nitrogen and oxygen atoms in total. The SMILES string of the molecule is CCOC(=O)C1=C(Nc2ccccc2)C=C(C)[C@@H](C(=O)OCC)[C@H]1c1ccccc1. The molecule has 0 radical (unpaired) electrons. The highest BCUT2D eigenvalue weighted by atomic mass is 16.5. The summed E-state index contributed by atoms with van der Waals surface area (Å²) in [6.07, 6.45) is 1.85. The van der Waals surface area contributed by atoms with Gasteiger partial charge in [0.15, 0.2) is 0 Å². The number of carbonyl (C=O) groups excluding carboxylic acids is 2. The summed E-state index contributed by atoms with van der Waals surface area (Å²) in [4.78, 5) is 26.0. The van der Waals surface area contributed by atoms with E-state index in [0.29, 0.717) is 11.3 Å². The van der Waals surface area contributed by atoms with Gasteiger partial charge in [-0.25, -0.2) is 4.79 Å². The molecule has 5 heteroatoms. The molecule has 0 unspecified atom stereocenters. The van der Waals surface area contributed by atoms with Crippen molar-refractivity contribution in [1.82, 2.24) is 0 Å². The summed E-state index contributed by atoms with van der Waals surface area (Å²) in [5.41, 5.74) is 3.59. The van der Waals surface area contributed by atoms with Crippen LogP contribution >= 0.6 is 0 Å². The Kier molecular flexibility index (Phi) is 7.07. The van der Waals surface area contributed by atoms with Gasteiger partial charge in [0.05, 0.1) is 24.7 Å². The average Bonchev–Trinajstić information content (AvgIpc) is 2.75. The van der Waals surface area contributed by atoms with Crippen molar-refractivity contribution in [3.8, 4) is 0 Å². The van der Waals surface area contributed by atoms with Gasteiger partial charge in [-0.05, 0) is 44.5 Å². The fraction of sp³-hybridized carbons (Fsp3) is 0.280. The molecule has 2 aromatic carbocycles. The zero-order chi connectivity index (χ0) is 21.5. The number of anilines is 1. The monoisotopic (exact) mass is 405 g/mol. The van der Waals surface area contributed by atoms with Crippen molar-refractivity contribution in [3.05, 3.63) is 89.1 Å². The van der Waals surface area contributed by atoms with Gasteiger partial charge in [0, 0.05) is 17.3 Å². The third-order valence-electron chi connectivity index (χ3n) is 5.04. The van der Waals surface area contributed by atoms with E-state index in [2.05, 4.69) is 5.32 Å². The molecule has 2 atom stereocenters. The summed E-state index contributed by atoms with van der Waals surface area (Å²) in [5, 5.41) is 3.34. The summed E-state index contributed by atoms with van der Waals surface area (Å²) in [6.45, 7) is 5.97. The first-order valence-electron chi connectivity index (χ1n) is 10.2. The minimum atomic E-state index is -0.604. The van der Waals surface area contributed by atoms with Crippen molar-refractivity contribution < 1.29 is 19.1 Å². The molecule has 1 N–H and O–H groups in total. The molecule has 0 saturated heterocycles. The van der Waals surface area contributed by atoms with E-state index in [1.807, 2.05) is 73.7 Å². The lowest BCUT2D eigenvalue weighted by Crippen LogP contribution is -2.34. The second-order valence-corrected chi connectivity index (χ2v) is 7.05. The van der Waals surface area contributed by atoms with Crippen molar-refractivity contribution >= 4 is 17.6 Å². The van der Waals surface area contributed by atoms with Gasteiger partial charge in [0.25, 0.3) is 0 Å². The standard InChI is InChI=1S/C25H27NO4/c1-4-29-24(27)21-17(3)16-20(26-19-14-10-7-11-15-19)23(25(28)30-5-2)22(21)18-12-8-6-9-13-18/h6-16,21-22,26H,4-5H2,1-3H3/t21-,22-/m1/s1. The number of benzene rings is 2. The average molecular weight is 405 g/mol. The number of hydrogen-bond acceptors (Lipinski definition) is 5. The number of allylic oxidation sites excluding steroid dienone is 1. The predicted octanol–water partition coefficient (Wildman–Crippen LogP) is 4.84. The molecular weight excluding hydrogens is 378 g/mol. The first kappa shape index (κ1) is 21.4. The third kappa shape index (κ3) is 4.62. The van der Waals surface area contributed by atoms with E-state index in [0.717, 1.165) is 16.8 Å². The summed E-state index contributed by atoms with van der Waals surface area (Å²) >= 11 is 0. The fourth-order valence-corrected chi connectivity index (χ4v) is 3.79. The van der Waals surface area contributed by atoms with E-state index < -0.39 is 17.8 Å². The number of carbonyl (C=O) groups is 2. The highest BCUT2D eigenvalue weighted by Crippen LogP contribution is 2.43. The third-order valence-corrected chi connectivity index (χ3v) is 5.04. The predicted molar refractivity (Wildman–Crippen MR) is 117 cm³/mol. The van der Waals surface area contributed by atoms with E-state index in [4.69, 9.17) is 9.47 Å². The Balaban J connectivity index is 2.18. The number of hydrogen-bond donors (Lipinski definition) is 1. The van der Waals surface area contributed by atoms with Crippen LogP contribution in [0.5, 0.6) is 0 Å². The van der Waals surface area contributed by atoms with Gasteiger partial charge < -0.3 is 14.8 Å². The van der Waals surface area contributed by atoms with Crippen LogP contribution in [-0.4, -0.2) is 25.2 Å². The Hall–Kier alpha value is -3.34. The first-order valence-corrected chi connectivity index (χ1v) is 10.2. The van der Waals surface area contributed by atoms with Gasteiger partial charge in [-0.3, -0.25) is 4.79 Å². The molecule has 0 amide bonds. The molecule has 1 aliphatic carbocycles. The second kappa shape index (κ2) is 9.92. The number of rotatable bonds is 7. The lowest BCUT2D eigenvalue weighted by Gasteiger charge is -2.33. The topological polar surface area (TPSA) is 64.6 Å². The van der Waals surface area contributed by atoms with Gasteiger partial charge >= 0.3 is 11.9 Å². The van der Waals surface area contributed by atoms with Crippen molar-refractivity contribution in [2.75, 3.05) is 18.5 Å². The minimum absolute atomic E-state index is 0.245. The zero-order valence-corrected chi connectivity index (χ0v) is 17.6. The smallest absolute Gasteiger partial charge is 0.336 e. The fourth-order valence-electron chi connectivity index (χ4n) is 3.79. The highest BCUT2D eigenvalue weighted by Gasteiger charge is 2.42. The molecule has 156 valence electrons. The highest BCUT2D eigenvalue weighted by molar-refractivity contribution is 5.95. The van der Waals surface area contributed by atoms with E-state index in [1.165, 1.54) is 0 Å². The molecule has 30 heavy (non-hydrogen) atoms. The molecule has 0 bridgehead atoms. The zero-order valence-electron chi connectivity index (χ0n) is 17.6. The maximum atomic E-state index is 13.1. The molecule has 0 spiro atoms. The van der Waals surface area contributed by atoms with Crippen molar-refractivity contribution in [3.63, 3.8) is 0 Å². The van der Waals surface area contributed by atoms with Gasteiger partial charge in [-0.2, -0.15) is 0 Å². The van der Waals surface area contributed by atoms with Gasteiger partial charge in [-0.1, -0.05) is 54.1 Å². The normalized spacial score (nSPS) is 18.4. The van der Waals surface area contributed by atoms with E-state index in [-0.39, 0.29) is 19.2 Å². The summed E-state index contributed by atoms with van der Waals surface area (Å²) in [5.74, 6) is -1.91. The van der Waals surface area contributed by atoms with E-state index >= 15 is 0 Å². The largest absolute Gasteiger partial charge is 0.466 e. The van der Waals surface area contributed by atoms with Gasteiger partial charge in [0.2, 0.25) is 0 Å². The summed E-state index contributed by atoms with van der Waals surface area (Å²) in [7, 11) is 0. The van der Waals surface area contributed by atoms with E-state index in [9.17, 15) is 9.59 Å². The maximum absolute atomic E-state index is 13.1. The van der Waals surface area contributed by atoms with Gasteiger partial charge in [-0.15, -0.1) is 0 Å². The number of para-hydroxylation sites is 1. The summed E-state index contributed by atoms with van der Waals surface area (Å²) in [6, 6.07) is 19.2. The molecule has 3 rings (SSSR count). The van der Waals surface area contributed by atoms with Crippen LogP contribution in [0.4, 0.5) is 5.69 Å². The lowest BCUT2D eigenvalue weighted by molar-refractivity contribution is -0.147. The van der Waals surface area contributed by atoms with Crippen LogP contribution in [0.15, 0.2) is 83.6 Å². The van der Waals surface area contributed by atoms with Crippen molar-refractivity contribution in [2.24, 2.45) is 5.92 Å². The molecule has 0 aliphatic heterocycles. The number of esters is 2. The Labute approximate surface area is 177 Å². The van der Waals surface area contributed by atoms with Crippen LogP contribution in [0, 0.1) is 5.92 Å². The molecule has 0 heterocycles. The van der Waals surface area contributed by atoms with Crippen LogP contribution in [-0.2, 0) is 19.1 Å². The van der Waals surface area contributed by atoms with Crippen molar-refractivity contribution in [2.45, 2.75) is 26.7 Å². The molecule has 1 aliphatic rings. The van der Waals surface area contributed by atoms with Crippen LogP contribution in [0.3, 0.4) is 0 Å². The van der Waals surface area contributed by atoms with Crippen LogP contribution in [0.25, 0.3) is 0 Å². The van der Waals surface area contributed by atoms with E-state index in [1.54, 1.807) is 13.8 Å². The Morgan fingerprint density at radius 1 is 0.900 bits per heavy atom. The Morgan fingerprint density at radius 3 is 2.10 bits per heavy atom. The quantitative estimate of drug-likeness (QED) is 0.668. The number of nitrogens with one attached hydrogen (secondary N) is 1. The van der Waals surface area contributed by atoms with Crippen LogP contribution < -0.4 is 5.32 Å². The number of ether oxygens (including phenoxy) is 2. The molecule has 2 aromatic rings. The Morgan fingerprint density at radius 2 is 1.50 bits per heavy atom. The lowest BCUT2D eigenvalue weighted by atomic mass is 9.73. The second-order valence-electron chi connectivity index (χ2n) is 7.05. The van der Waals surface area contributed by atoms with Crippen molar-refractivity contribution in [1.29, 1.82) is 0 Å². The minimum Gasteiger partial charge on any atom is -0.466 e. The molecular formula is C25H27NO4. The van der Waals surface area contributed by atoms with Crippen LogP contribution in [0.1, 0.15) is 32.3 Å². The maximum Gasteiger partial charge on any atom is 0.336 e. The van der Waals surface area contributed by atoms with Crippen LogP contribution in [0.2, 0.25) is 0 Å². The first-order chi connectivity index (χ1) is 14.6. The molecule has 0 saturated carbocycles. The van der Waals surface area contributed by atoms with Gasteiger partial charge in [0.1, 0.15) is 0 Å².